The predicted molar refractivity (Wildman–Crippen MR) is 80.9 cm³/mol. The fourth-order valence-corrected chi connectivity index (χ4v) is 2.48. The smallest absolute Gasteiger partial charge is 0.220 e. The average molecular weight is 342 g/mol. The van der Waals surface area contributed by atoms with E-state index in [1.807, 2.05) is 24.3 Å². The number of carbonyl (C=O) groups excluding carboxylic acids is 1. The highest BCUT2D eigenvalue weighted by Gasteiger charge is 2.15. The van der Waals surface area contributed by atoms with E-state index in [1.54, 1.807) is 0 Å². The summed E-state index contributed by atoms with van der Waals surface area (Å²) < 4.78 is 12.0. The molecule has 2 rings (SSSR count). The molecule has 1 amide bonds. The lowest BCUT2D eigenvalue weighted by atomic mass is 10.2. The van der Waals surface area contributed by atoms with Gasteiger partial charge in [-0.15, -0.1) is 0 Å². The number of halogens is 1. The summed E-state index contributed by atoms with van der Waals surface area (Å²) in [6.07, 6.45) is 3.55. The van der Waals surface area contributed by atoms with Gasteiger partial charge < -0.3 is 14.8 Å². The van der Waals surface area contributed by atoms with Gasteiger partial charge in [0.2, 0.25) is 5.91 Å². The van der Waals surface area contributed by atoms with E-state index in [2.05, 4.69) is 21.2 Å². The van der Waals surface area contributed by atoms with Crippen LogP contribution in [-0.2, 0) is 9.53 Å². The summed E-state index contributed by atoms with van der Waals surface area (Å²) in [7, 11) is 0. The minimum Gasteiger partial charge on any atom is -0.494 e. The van der Waals surface area contributed by atoms with Crippen molar-refractivity contribution >= 4 is 21.8 Å². The van der Waals surface area contributed by atoms with Crippen molar-refractivity contribution in [3.63, 3.8) is 0 Å². The van der Waals surface area contributed by atoms with Gasteiger partial charge in [0, 0.05) is 24.0 Å². The highest BCUT2D eigenvalue weighted by molar-refractivity contribution is 9.10. The van der Waals surface area contributed by atoms with Crippen LogP contribution in [0.5, 0.6) is 5.75 Å². The first-order valence-electron chi connectivity index (χ1n) is 7.01. The lowest BCUT2D eigenvalue weighted by Gasteiger charge is -2.11. The summed E-state index contributed by atoms with van der Waals surface area (Å²) in [5.74, 6) is 0.887. The first-order chi connectivity index (χ1) is 9.74. The second-order valence-corrected chi connectivity index (χ2v) is 5.76. The molecule has 110 valence electrons. The number of rotatable bonds is 7. The molecule has 1 unspecified atom stereocenters. The van der Waals surface area contributed by atoms with E-state index in [1.165, 1.54) is 0 Å². The molecule has 0 saturated carbocycles. The lowest BCUT2D eigenvalue weighted by Crippen LogP contribution is -2.31. The van der Waals surface area contributed by atoms with Crippen LogP contribution in [0.2, 0.25) is 0 Å². The molecule has 0 radical (unpaired) electrons. The van der Waals surface area contributed by atoms with Crippen LogP contribution in [0.1, 0.15) is 25.7 Å². The van der Waals surface area contributed by atoms with E-state index in [-0.39, 0.29) is 12.0 Å². The van der Waals surface area contributed by atoms with Crippen LogP contribution >= 0.6 is 15.9 Å². The molecule has 1 aliphatic rings. The quantitative estimate of drug-likeness (QED) is 0.775. The number of ether oxygens (including phenoxy) is 2. The fourth-order valence-electron chi connectivity index (χ4n) is 2.10. The van der Waals surface area contributed by atoms with Crippen molar-refractivity contribution in [3.05, 3.63) is 28.7 Å². The maximum absolute atomic E-state index is 11.6. The molecule has 0 aliphatic carbocycles. The molecule has 4 nitrogen and oxygen atoms in total. The van der Waals surface area contributed by atoms with Crippen molar-refractivity contribution in [1.82, 2.24) is 5.32 Å². The Kier molecular flexibility index (Phi) is 6.33. The molecule has 1 atom stereocenters. The Hall–Kier alpha value is -1.07. The Morgan fingerprint density at radius 2 is 2.40 bits per heavy atom. The molecule has 1 aliphatic heterocycles. The number of nitrogens with one attached hydrogen (secondary N) is 1. The molecule has 1 heterocycles. The monoisotopic (exact) mass is 341 g/mol. The maximum Gasteiger partial charge on any atom is 0.220 e. The number of carbonyl (C=O) groups is 1. The van der Waals surface area contributed by atoms with Crippen LogP contribution in [0.15, 0.2) is 28.7 Å². The molecule has 0 spiro atoms. The van der Waals surface area contributed by atoms with Gasteiger partial charge in [-0.25, -0.2) is 0 Å². The van der Waals surface area contributed by atoms with Crippen molar-refractivity contribution in [3.8, 4) is 5.75 Å². The molecular formula is C15H20BrNO3. The third-order valence-corrected chi connectivity index (χ3v) is 3.66. The van der Waals surface area contributed by atoms with E-state index in [9.17, 15) is 4.79 Å². The van der Waals surface area contributed by atoms with Gasteiger partial charge in [0.15, 0.2) is 0 Å². The molecule has 20 heavy (non-hydrogen) atoms. The Bertz CT molecular complexity index is 433. The summed E-state index contributed by atoms with van der Waals surface area (Å²) in [4.78, 5) is 11.6. The molecule has 5 heteroatoms. The third-order valence-electron chi connectivity index (χ3n) is 3.16. The van der Waals surface area contributed by atoms with E-state index >= 15 is 0 Å². The second kappa shape index (κ2) is 8.27. The third kappa shape index (κ3) is 5.51. The maximum atomic E-state index is 11.6. The zero-order chi connectivity index (χ0) is 14.2. The minimum atomic E-state index is 0.0679. The van der Waals surface area contributed by atoms with Crippen LogP contribution in [0.3, 0.4) is 0 Å². The SMILES string of the molecule is O=C(CCCOc1cccc(Br)c1)NCC1CCCO1. The van der Waals surface area contributed by atoms with Crippen LogP contribution < -0.4 is 10.1 Å². The first kappa shape index (κ1) is 15.3. The average Bonchev–Trinajstić information content (AvgIpc) is 2.95. The number of amides is 1. The Labute approximate surface area is 128 Å². The molecule has 1 aromatic carbocycles. The largest absolute Gasteiger partial charge is 0.494 e. The Balaban J connectivity index is 1.55. The summed E-state index contributed by atoms with van der Waals surface area (Å²) in [6.45, 7) is 2.00. The van der Waals surface area contributed by atoms with Gasteiger partial charge >= 0.3 is 0 Å². The van der Waals surface area contributed by atoms with Crippen molar-refractivity contribution < 1.29 is 14.3 Å². The zero-order valence-corrected chi connectivity index (χ0v) is 13.0. The highest BCUT2D eigenvalue weighted by Crippen LogP contribution is 2.17. The van der Waals surface area contributed by atoms with Gasteiger partial charge in [0.05, 0.1) is 12.7 Å². The van der Waals surface area contributed by atoms with Crippen LogP contribution in [0, 0.1) is 0 Å². The summed E-state index contributed by atoms with van der Waals surface area (Å²) in [5.41, 5.74) is 0. The van der Waals surface area contributed by atoms with Crippen LogP contribution in [0.4, 0.5) is 0 Å². The van der Waals surface area contributed by atoms with Crippen LogP contribution in [-0.4, -0.2) is 31.8 Å². The van der Waals surface area contributed by atoms with Crippen molar-refractivity contribution in [2.75, 3.05) is 19.8 Å². The van der Waals surface area contributed by atoms with E-state index in [0.717, 1.165) is 29.7 Å². The standard InChI is InChI=1S/C15H20BrNO3/c16-12-4-1-5-13(10-12)19-9-3-7-15(18)17-11-14-6-2-8-20-14/h1,4-5,10,14H,2-3,6-9,11H2,(H,17,18). The van der Waals surface area contributed by atoms with Crippen molar-refractivity contribution in [2.45, 2.75) is 31.8 Å². The highest BCUT2D eigenvalue weighted by atomic mass is 79.9. The number of hydrogen-bond acceptors (Lipinski definition) is 3. The fraction of sp³-hybridized carbons (Fsp3) is 0.533. The van der Waals surface area contributed by atoms with Gasteiger partial charge in [0.25, 0.3) is 0 Å². The Morgan fingerprint density at radius 3 is 3.15 bits per heavy atom. The number of hydrogen-bond donors (Lipinski definition) is 1. The first-order valence-corrected chi connectivity index (χ1v) is 7.80. The number of benzene rings is 1. The van der Waals surface area contributed by atoms with Gasteiger partial charge in [-0.1, -0.05) is 22.0 Å². The van der Waals surface area contributed by atoms with Crippen LogP contribution in [0.25, 0.3) is 0 Å². The lowest BCUT2D eigenvalue weighted by molar-refractivity contribution is -0.121. The predicted octanol–water partition coefficient (Wildman–Crippen LogP) is 2.90. The van der Waals surface area contributed by atoms with Crippen molar-refractivity contribution in [1.29, 1.82) is 0 Å². The van der Waals surface area contributed by atoms with Gasteiger partial charge in [0.1, 0.15) is 5.75 Å². The van der Waals surface area contributed by atoms with E-state index in [0.29, 0.717) is 26.0 Å². The summed E-state index contributed by atoms with van der Waals surface area (Å²) >= 11 is 3.39. The van der Waals surface area contributed by atoms with E-state index in [4.69, 9.17) is 9.47 Å². The second-order valence-electron chi connectivity index (χ2n) is 4.85. The van der Waals surface area contributed by atoms with Gasteiger partial charge in [-0.3, -0.25) is 4.79 Å². The molecule has 0 aromatic heterocycles. The Morgan fingerprint density at radius 1 is 1.50 bits per heavy atom. The zero-order valence-electron chi connectivity index (χ0n) is 11.4. The summed E-state index contributed by atoms with van der Waals surface area (Å²) in [5, 5.41) is 2.91. The normalized spacial score (nSPS) is 17.9. The molecule has 1 aromatic rings. The van der Waals surface area contributed by atoms with Crippen molar-refractivity contribution in [2.24, 2.45) is 0 Å². The minimum absolute atomic E-state index is 0.0679. The topological polar surface area (TPSA) is 47.6 Å². The van der Waals surface area contributed by atoms with Gasteiger partial charge in [-0.05, 0) is 37.5 Å². The molecule has 1 fully saturated rings. The molecule has 0 bridgehead atoms. The molecule has 1 saturated heterocycles. The summed E-state index contributed by atoms with van der Waals surface area (Å²) in [6, 6.07) is 7.69. The molecule has 1 N–H and O–H groups in total. The molecular weight excluding hydrogens is 322 g/mol. The van der Waals surface area contributed by atoms with E-state index < -0.39 is 0 Å². The van der Waals surface area contributed by atoms with Gasteiger partial charge in [-0.2, -0.15) is 0 Å².